The van der Waals surface area contributed by atoms with E-state index in [4.69, 9.17) is 5.73 Å². The number of benzene rings is 1. The number of aromatic amines is 1. The summed E-state index contributed by atoms with van der Waals surface area (Å²) >= 11 is 0. The molecular formula is C15H19F2N3. The van der Waals surface area contributed by atoms with Crippen LogP contribution >= 0.6 is 0 Å². The average molecular weight is 279 g/mol. The number of nitrogens with zero attached hydrogens (tertiary/aromatic N) is 1. The second-order valence-electron chi connectivity index (χ2n) is 5.77. The van der Waals surface area contributed by atoms with Gasteiger partial charge in [-0.1, -0.05) is 25.7 Å². The molecule has 20 heavy (non-hydrogen) atoms. The minimum Gasteiger partial charge on any atom is -0.341 e. The Bertz CT molecular complexity index is 613. The Balaban J connectivity index is 2.09. The van der Waals surface area contributed by atoms with Crippen molar-refractivity contribution < 1.29 is 8.78 Å². The average Bonchev–Trinajstić information content (AvgIpc) is 2.71. The molecule has 1 aromatic heterocycles. The molecule has 3 N–H and O–H groups in total. The zero-order valence-electron chi connectivity index (χ0n) is 11.4. The number of fused-ring (bicyclic) bond motifs is 1. The number of nitrogens with one attached hydrogen (secondary N) is 1. The van der Waals surface area contributed by atoms with Gasteiger partial charge in [0.1, 0.15) is 17.2 Å². The molecule has 0 spiro atoms. The summed E-state index contributed by atoms with van der Waals surface area (Å²) in [5, 5.41) is 0. The van der Waals surface area contributed by atoms with Crippen molar-refractivity contribution in [2.75, 3.05) is 6.54 Å². The van der Waals surface area contributed by atoms with Crippen LogP contribution in [0.5, 0.6) is 0 Å². The number of hydrogen-bond donors (Lipinski definition) is 2. The van der Waals surface area contributed by atoms with Crippen LogP contribution in [0, 0.1) is 11.6 Å². The molecule has 108 valence electrons. The minimum atomic E-state index is -0.622. The predicted molar refractivity (Wildman–Crippen MR) is 74.4 cm³/mol. The van der Waals surface area contributed by atoms with Gasteiger partial charge in [0.2, 0.25) is 0 Å². The fraction of sp³-hybridized carbons (Fsp3) is 0.533. The fourth-order valence-electron chi connectivity index (χ4n) is 3.24. The van der Waals surface area contributed by atoms with Gasteiger partial charge in [-0.25, -0.2) is 13.8 Å². The van der Waals surface area contributed by atoms with Crippen LogP contribution in [-0.2, 0) is 5.41 Å². The molecule has 0 saturated heterocycles. The van der Waals surface area contributed by atoms with E-state index in [2.05, 4.69) is 9.97 Å². The number of rotatable bonds is 2. The zero-order valence-corrected chi connectivity index (χ0v) is 11.4. The highest BCUT2D eigenvalue weighted by molar-refractivity contribution is 5.76. The van der Waals surface area contributed by atoms with Gasteiger partial charge >= 0.3 is 0 Å². The summed E-state index contributed by atoms with van der Waals surface area (Å²) in [5.74, 6) is -0.502. The normalized spacial score (nSPS) is 19.1. The van der Waals surface area contributed by atoms with Crippen molar-refractivity contribution in [1.82, 2.24) is 9.97 Å². The number of nitrogens with two attached hydrogens (primary N) is 1. The van der Waals surface area contributed by atoms with Gasteiger partial charge in [-0.05, 0) is 18.9 Å². The molecule has 0 bridgehead atoms. The van der Waals surface area contributed by atoms with E-state index in [0.29, 0.717) is 17.9 Å². The van der Waals surface area contributed by atoms with E-state index in [1.54, 1.807) is 0 Å². The van der Waals surface area contributed by atoms with E-state index in [-0.39, 0.29) is 10.9 Å². The molecule has 0 aliphatic heterocycles. The van der Waals surface area contributed by atoms with Gasteiger partial charge in [0.05, 0.1) is 5.52 Å². The Labute approximate surface area is 116 Å². The highest BCUT2D eigenvalue weighted by atomic mass is 19.1. The first-order valence-electron chi connectivity index (χ1n) is 7.20. The van der Waals surface area contributed by atoms with Gasteiger partial charge in [0.15, 0.2) is 5.82 Å². The number of H-pyrrole nitrogens is 1. The molecule has 3 rings (SSSR count). The molecule has 1 aliphatic rings. The minimum absolute atomic E-state index is 0.207. The van der Waals surface area contributed by atoms with Crippen molar-refractivity contribution in [2.24, 2.45) is 5.73 Å². The molecule has 0 atom stereocenters. The van der Waals surface area contributed by atoms with Gasteiger partial charge in [-0.2, -0.15) is 0 Å². The Morgan fingerprint density at radius 2 is 1.85 bits per heavy atom. The van der Waals surface area contributed by atoms with Crippen molar-refractivity contribution in [1.29, 1.82) is 0 Å². The Kier molecular flexibility index (Phi) is 3.46. The predicted octanol–water partition coefficient (Wildman–Crippen LogP) is 3.39. The maximum Gasteiger partial charge on any atom is 0.153 e. The molecule has 1 fully saturated rings. The standard InChI is InChI=1S/C15H19F2N3/c16-10-7-11(17)13-12(8-10)19-14(20-13)15(9-18)5-3-1-2-4-6-15/h7-8H,1-6,9,18H2,(H,19,20). The lowest BCUT2D eigenvalue weighted by molar-refractivity contribution is 0.362. The number of aromatic nitrogens is 2. The lowest BCUT2D eigenvalue weighted by atomic mass is 9.79. The maximum absolute atomic E-state index is 13.8. The van der Waals surface area contributed by atoms with Gasteiger partial charge in [0.25, 0.3) is 0 Å². The first kappa shape index (κ1) is 13.5. The van der Waals surface area contributed by atoms with Gasteiger partial charge < -0.3 is 10.7 Å². The summed E-state index contributed by atoms with van der Waals surface area (Å²) in [6.07, 6.45) is 6.51. The molecule has 1 saturated carbocycles. The van der Waals surface area contributed by atoms with Crippen molar-refractivity contribution in [3.8, 4) is 0 Å². The van der Waals surface area contributed by atoms with Crippen LogP contribution < -0.4 is 5.73 Å². The quantitative estimate of drug-likeness (QED) is 0.828. The van der Waals surface area contributed by atoms with E-state index in [0.717, 1.165) is 31.7 Å². The summed E-state index contributed by atoms with van der Waals surface area (Å²) in [6.45, 7) is 0.483. The van der Waals surface area contributed by atoms with Gasteiger partial charge in [-0.15, -0.1) is 0 Å². The second kappa shape index (κ2) is 5.13. The summed E-state index contributed by atoms with van der Waals surface area (Å²) < 4.78 is 27.1. The summed E-state index contributed by atoms with van der Waals surface area (Å²) in [5.41, 5.74) is 6.40. The third kappa shape index (κ3) is 2.20. The van der Waals surface area contributed by atoms with E-state index in [1.807, 2.05) is 0 Å². The molecule has 1 heterocycles. The van der Waals surface area contributed by atoms with E-state index in [1.165, 1.54) is 18.9 Å². The molecule has 0 radical (unpaired) electrons. The zero-order chi connectivity index (χ0) is 14.2. The number of halogens is 2. The van der Waals surface area contributed by atoms with Crippen LogP contribution in [0.4, 0.5) is 8.78 Å². The Morgan fingerprint density at radius 3 is 2.50 bits per heavy atom. The second-order valence-corrected chi connectivity index (χ2v) is 5.77. The lowest BCUT2D eigenvalue weighted by Crippen LogP contribution is -2.35. The summed E-state index contributed by atoms with van der Waals surface area (Å²) in [7, 11) is 0. The van der Waals surface area contributed by atoms with Crippen molar-refractivity contribution in [3.63, 3.8) is 0 Å². The van der Waals surface area contributed by atoms with Crippen molar-refractivity contribution >= 4 is 11.0 Å². The van der Waals surface area contributed by atoms with Crippen LogP contribution in [0.25, 0.3) is 11.0 Å². The first-order chi connectivity index (χ1) is 9.64. The molecule has 1 aliphatic carbocycles. The first-order valence-corrected chi connectivity index (χ1v) is 7.20. The molecule has 1 aromatic carbocycles. The molecule has 5 heteroatoms. The Hall–Kier alpha value is -1.49. The monoisotopic (exact) mass is 279 g/mol. The van der Waals surface area contributed by atoms with Gasteiger partial charge in [-0.3, -0.25) is 0 Å². The largest absolute Gasteiger partial charge is 0.341 e. The maximum atomic E-state index is 13.8. The highest BCUT2D eigenvalue weighted by Gasteiger charge is 2.34. The van der Waals surface area contributed by atoms with Crippen molar-refractivity contribution in [3.05, 3.63) is 29.6 Å². The molecular weight excluding hydrogens is 260 g/mol. The fourth-order valence-corrected chi connectivity index (χ4v) is 3.24. The number of hydrogen-bond acceptors (Lipinski definition) is 2. The number of imidazole rings is 1. The van der Waals surface area contributed by atoms with Crippen LogP contribution in [0.2, 0.25) is 0 Å². The SMILES string of the molecule is NCC1(c2nc3c(F)cc(F)cc3[nH]2)CCCCCC1. The smallest absolute Gasteiger partial charge is 0.153 e. The third-order valence-electron chi connectivity index (χ3n) is 4.46. The third-order valence-corrected chi connectivity index (χ3v) is 4.46. The molecule has 3 nitrogen and oxygen atoms in total. The molecule has 0 amide bonds. The van der Waals surface area contributed by atoms with Crippen molar-refractivity contribution in [2.45, 2.75) is 43.9 Å². The van der Waals surface area contributed by atoms with E-state index < -0.39 is 11.6 Å². The topological polar surface area (TPSA) is 54.7 Å². The highest BCUT2D eigenvalue weighted by Crippen LogP contribution is 2.37. The van der Waals surface area contributed by atoms with Crippen LogP contribution in [0.15, 0.2) is 12.1 Å². The van der Waals surface area contributed by atoms with Crippen LogP contribution in [-0.4, -0.2) is 16.5 Å². The van der Waals surface area contributed by atoms with E-state index >= 15 is 0 Å². The van der Waals surface area contributed by atoms with E-state index in [9.17, 15) is 8.78 Å². The lowest BCUT2D eigenvalue weighted by Gasteiger charge is -2.29. The Morgan fingerprint density at radius 1 is 1.15 bits per heavy atom. The molecule has 2 aromatic rings. The van der Waals surface area contributed by atoms with Gasteiger partial charge in [0, 0.05) is 18.0 Å². The summed E-state index contributed by atoms with van der Waals surface area (Å²) in [6, 6.07) is 2.16. The summed E-state index contributed by atoms with van der Waals surface area (Å²) in [4.78, 5) is 7.48. The van der Waals surface area contributed by atoms with Crippen LogP contribution in [0.1, 0.15) is 44.3 Å². The molecule has 0 unspecified atom stereocenters. The van der Waals surface area contributed by atoms with Crippen LogP contribution in [0.3, 0.4) is 0 Å².